The number of hydrogen-bond acceptors (Lipinski definition) is 3. The Balaban J connectivity index is 3.10. The van der Waals surface area contributed by atoms with Crippen LogP contribution in [-0.2, 0) is 0 Å². The average molecular weight is 202 g/mol. The standard InChI is InChI=1S/C8H5ClFNO2/c9-8(11-13)7(12)5-3-1-2-4-6(5)10/h1-4,13H/b11-8+. The fourth-order valence-electron chi connectivity index (χ4n) is 0.802. The van der Waals surface area contributed by atoms with Crippen molar-refractivity contribution < 1.29 is 14.4 Å². The molecule has 1 rings (SSSR count). The Bertz CT molecular complexity index is 365. The molecule has 68 valence electrons. The summed E-state index contributed by atoms with van der Waals surface area (Å²) in [6, 6.07) is 5.30. The fraction of sp³-hybridized carbons (Fsp3) is 0. The van der Waals surface area contributed by atoms with Crippen LogP contribution in [0.25, 0.3) is 0 Å². The molecule has 0 bridgehead atoms. The Hall–Kier alpha value is -1.42. The van der Waals surface area contributed by atoms with Crippen molar-refractivity contribution in [2.45, 2.75) is 0 Å². The van der Waals surface area contributed by atoms with Gasteiger partial charge in [-0.1, -0.05) is 28.9 Å². The summed E-state index contributed by atoms with van der Waals surface area (Å²) in [4.78, 5) is 11.1. The predicted octanol–water partition coefficient (Wildman–Crippen LogP) is 2.03. The van der Waals surface area contributed by atoms with E-state index in [1.165, 1.54) is 18.2 Å². The molecule has 1 aromatic rings. The third-order valence-electron chi connectivity index (χ3n) is 1.39. The second kappa shape index (κ2) is 4.00. The van der Waals surface area contributed by atoms with E-state index in [0.717, 1.165) is 6.07 Å². The van der Waals surface area contributed by atoms with Gasteiger partial charge in [0, 0.05) is 0 Å². The van der Waals surface area contributed by atoms with Gasteiger partial charge >= 0.3 is 0 Å². The molecular formula is C8H5ClFNO2. The molecule has 5 heteroatoms. The summed E-state index contributed by atoms with van der Waals surface area (Å²) in [6.45, 7) is 0. The van der Waals surface area contributed by atoms with Gasteiger partial charge in [0.1, 0.15) is 5.82 Å². The Labute approximate surface area is 78.4 Å². The van der Waals surface area contributed by atoms with Gasteiger partial charge in [-0.05, 0) is 12.1 Å². The van der Waals surface area contributed by atoms with E-state index in [2.05, 4.69) is 5.16 Å². The van der Waals surface area contributed by atoms with E-state index in [-0.39, 0.29) is 5.56 Å². The predicted molar refractivity (Wildman–Crippen MR) is 45.8 cm³/mol. The summed E-state index contributed by atoms with van der Waals surface area (Å²) in [7, 11) is 0. The molecule has 0 saturated heterocycles. The van der Waals surface area contributed by atoms with Gasteiger partial charge in [0.05, 0.1) is 5.56 Å². The van der Waals surface area contributed by atoms with Crippen molar-refractivity contribution in [2.24, 2.45) is 5.16 Å². The van der Waals surface area contributed by atoms with Crippen LogP contribution >= 0.6 is 11.6 Å². The molecule has 0 aliphatic heterocycles. The fourth-order valence-corrected chi connectivity index (χ4v) is 0.904. The van der Waals surface area contributed by atoms with Gasteiger partial charge < -0.3 is 5.21 Å². The van der Waals surface area contributed by atoms with E-state index in [9.17, 15) is 9.18 Å². The zero-order valence-corrected chi connectivity index (χ0v) is 7.12. The SMILES string of the molecule is O=C(/C(Cl)=N\O)c1ccccc1F. The summed E-state index contributed by atoms with van der Waals surface area (Å²) < 4.78 is 12.9. The molecule has 0 aromatic heterocycles. The lowest BCUT2D eigenvalue weighted by Crippen LogP contribution is -2.09. The van der Waals surface area contributed by atoms with E-state index in [0.29, 0.717) is 0 Å². The highest BCUT2D eigenvalue weighted by Gasteiger charge is 2.15. The van der Waals surface area contributed by atoms with Crippen LogP contribution in [0, 0.1) is 5.82 Å². The number of oxime groups is 1. The van der Waals surface area contributed by atoms with E-state index in [4.69, 9.17) is 16.8 Å². The number of Topliss-reactive ketones (excluding diaryl/α,β-unsaturated/α-hetero) is 1. The Morgan fingerprint density at radius 2 is 2.08 bits per heavy atom. The van der Waals surface area contributed by atoms with Gasteiger partial charge in [0.2, 0.25) is 11.0 Å². The Morgan fingerprint density at radius 1 is 1.46 bits per heavy atom. The highest BCUT2D eigenvalue weighted by Crippen LogP contribution is 2.09. The molecule has 0 radical (unpaired) electrons. The molecule has 0 spiro atoms. The first kappa shape index (κ1) is 9.67. The first-order valence-electron chi connectivity index (χ1n) is 3.33. The van der Waals surface area contributed by atoms with Crippen LogP contribution in [0.3, 0.4) is 0 Å². The molecule has 0 aliphatic carbocycles. The molecule has 13 heavy (non-hydrogen) atoms. The second-order valence-electron chi connectivity index (χ2n) is 2.20. The van der Waals surface area contributed by atoms with Crippen molar-refractivity contribution in [1.82, 2.24) is 0 Å². The third-order valence-corrected chi connectivity index (χ3v) is 1.64. The van der Waals surface area contributed by atoms with Gasteiger partial charge in [-0.15, -0.1) is 0 Å². The molecule has 1 aromatic carbocycles. The van der Waals surface area contributed by atoms with Crippen LogP contribution in [0.1, 0.15) is 10.4 Å². The lowest BCUT2D eigenvalue weighted by atomic mass is 10.1. The van der Waals surface area contributed by atoms with Gasteiger partial charge in [-0.3, -0.25) is 4.79 Å². The van der Waals surface area contributed by atoms with Gasteiger partial charge in [-0.2, -0.15) is 0 Å². The Morgan fingerprint density at radius 3 is 2.62 bits per heavy atom. The Kier molecular flexibility index (Phi) is 2.97. The molecule has 0 fully saturated rings. The number of ketones is 1. The highest BCUT2D eigenvalue weighted by atomic mass is 35.5. The summed E-state index contributed by atoms with van der Waals surface area (Å²) >= 11 is 5.21. The number of carbonyl (C=O) groups excluding carboxylic acids is 1. The summed E-state index contributed by atoms with van der Waals surface area (Å²) in [5.74, 6) is -1.54. The molecule has 0 atom stereocenters. The smallest absolute Gasteiger partial charge is 0.229 e. The van der Waals surface area contributed by atoms with Crippen molar-refractivity contribution in [2.75, 3.05) is 0 Å². The number of rotatable bonds is 2. The minimum atomic E-state index is -0.845. The van der Waals surface area contributed by atoms with Crippen molar-refractivity contribution in [1.29, 1.82) is 0 Å². The topological polar surface area (TPSA) is 49.7 Å². The van der Waals surface area contributed by atoms with E-state index < -0.39 is 16.8 Å². The summed E-state index contributed by atoms with van der Waals surface area (Å²) in [6.07, 6.45) is 0. The lowest BCUT2D eigenvalue weighted by molar-refractivity contribution is 0.106. The number of benzene rings is 1. The number of hydrogen-bond donors (Lipinski definition) is 1. The maximum Gasteiger partial charge on any atom is 0.229 e. The van der Waals surface area contributed by atoms with Crippen molar-refractivity contribution in [3.8, 4) is 0 Å². The molecule has 1 N–H and O–H groups in total. The molecule has 0 unspecified atom stereocenters. The molecule has 0 amide bonds. The summed E-state index contributed by atoms with van der Waals surface area (Å²) in [5.41, 5.74) is -0.217. The zero-order chi connectivity index (χ0) is 9.84. The second-order valence-corrected chi connectivity index (χ2v) is 2.56. The molecule has 0 aliphatic rings. The summed E-state index contributed by atoms with van der Waals surface area (Å²) in [5, 5.41) is 9.98. The zero-order valence-electron chi connectivity index (χ0n) is 6.37. The average Bonchev–Trinajstić information content (AvgIpc) is 2.16. The van der Waals surface area contributed by atoms with Crippen LogP contribution in [-0.4, -0.2) is 16.2 Å². The van der Waals surface area contributed by atoms with Crippen LogP contribution < -0.4 is 0 Å². The van der Waals surface area contributed by atoms with E-state index in [1.807, 2.05) is 0 Å². The minimum absolute atomic E-state index is 0.217. The van der Waals surface area contributed by atoms with Crippen molar-refractivity contribution in [3.63, 3.8) is 0 Å². The number of nitrogens with zero attached hydrogens (tertiary/aromatic N) is 1. The molecular weight excluding hydrogens is 197 g/mol. The quantitative estimate of drug-likeness (QED) is 0.345. The highest BCUT2D eigenvalue weighted by molar-refractivity contribution is 6.84. The first-order chi connectivity index (χ1) is 6.16. The monoisotopic (exact) mass is 201 g/mol. The van der Waals surface area contributed by atoms with Crippen LogP contribution in [0.5, 0.6) is 0 Å². The van der Waals surface area contributed by atoms with Crippen LogP contribution in [0.15, 0.2) is 29.4 Å². The van der Waals surface area contributed by atoms with Gasteiger partial charge in [0.15, 0.2) is 0 Å². The minimum Gasteiger partial charge on any atom is -0.410 e. The van der Waals surface area contributed by atoms with Gasteiger partial charge in [-0.25, -0.2) is 4.39 Å². The van der Waals surface area contributed by atoms with Crippen LogP contribution in [0.2, 0.25) is 0 Å². The third kappa shape index (κ3) is 2.03. The van der Waals surface area contributed by atoms with E-state index >= 15 is 0 Å². The first-order valence-corrected chi connectivity index (χ1v) is 3.71. The molecule has 3 nitrogen and oxygen atoms in total. The molecule has 0 saturated carbocycles. The lowest BCUT2D eigenvalue weighted by Gasteiger charge is -1.97. The molecule has 0 heterocycles. The van der Waals surface area contributed by atoms with E-state index in [1.54, 1.807) is 0 Å². The maximum absolute atomic E-state index is 12.9. The maximum atomic E-state index is 12.9. The van der Waals surface area contributed by atoms with Crippen LogP contribution in [0.4, 0.5) is 4.39 Å². The largest absolute Gasteiger partial charge is 0.410 e. The number of carbonyl (C=O) groups is 1. The van der Waals surface area contributed by atoms with Gasteiger partial charge in [0.25, 0.3) is 0 Å². The van der Waals surface area contributed by atoms with Crippen molar-refractivity contribution >= 4 is 22.6 Å². The normalized spacial score (nSPS) is 11.4. The van der Waals surface area contributed by atoms with Crippen molar-refractivity contribution in [3.05, 3.63) is 35.6 Å². The number of halogens is 2.